The summed E-state index contributed by atoms with van der Waals surface area (Å²) in [5.74, 6) is -0.724. The van der Waals surface area contributed by atoms with Gasteiger partial charge in [0, 0.05) is 40.5 Å². The molecule has 0 aromatic carbocycles. The minimum Gasteiger partial charge on any atom is -0.410 e. The monoisotopic (exact) mass is 311 g/mol. The normalized spacial score (nSPS) is 25.9. The Morgan fingerprint density at radius 1 is 1.09 bits per heavy atom. The zero-order valence-electron chi connectivity index (χ0n) is 14.4. The molecule has 1 heterocycles. The van der Waals surface area contributed by atoms with E-state index in [-0.39, 0.29) is 16.4 Å². The van der Waals surface area contributed by atoms with Crippen molar-refractivity contribution in [3.63, 3.8) is 0 Å². The van der Waals surface area contributed by atoms with Crippen LogP contribution in [0.4, 0.5) is 0 Å². The number of aliphatic imine (C=N–C) groups is 1. The van der Waals surface area contributed by atoms with Crippen molar-refractivity contribution in [1.29, 1.82) is 0 Å². The van der Waals surface area contributed by atoms with E-state index in [0.29, 0.717) is 19.4 Å². The maximum atomic E-state index is 11.6. The van der Waals surface area contributed by atoms with Crippen LogP contribution in [0.3, 0.4) is 0 Å². The van der Waals surface area contributed by atoms with Crippen LogP contribution in [0.2, 0.25) is 0 Å². The van der Waals surface area contributed by atoms with Gasteiger partial charge in [-0.05, 0) is 0 Å². The zero-order valence-corrected chi connectivity index (χ0v) is 14.4. The van der Waals surface area contributed by atoms with Gasteiger partial charge >= 0.3 is 11.9 Å². The topological polar surface area (TPSA) is 65.0 Å². The average Bonchev–Trinajstić information content (AvgIpc) is 2.46. The highest BCUT2D eigenvalue weighted by Crippen LogP contribution is 2.42. The van der Waals surface area contributed by atoms with Gasteiger partial charge in [-0.3, -0.25) is 14.6 Å². The minimum absolute atomic E-state index is 0.176. The quantitative estimate of drug-likeness (QED) is 0.559. The van der Waals surface area contributed by atoms with Crippen molar-refractivity contribution in [2.45, 2.75) is 65.8 Å². The first-order valence-electron chi connectivity index (χ1n) is 7.63. The number of ether oxygens (including phenoxy) is 2. The van der Waals surface area contributed by atoms with E-state index < -0.39 is 11.4 Å². The van der Waals surface area contributed by atoms with E-state index in [9.17, 15) is 9.59 Å². The number of quaternary nitrogens is 1. The Bertz CT molecular complexity index is 470. The van der Waals surface area contributed by atoms with Crippen molar-refractivity contribution < 1.29 is 23.5 Å². The van der Waals surface area contributed by atoms with Crippen LogP contribution in [0.5, 0.6) is 0 Å². The molecule has 6 heteroatoms. The molecule has 0 saturated carbocycles. The van der Waals surface area contributed by atoms with Gasteiger partial charge in [0.1, 0.15) is 12.7 Å². The lowest BCUT2D eigenvalue weighted by atomic mass is 9.97. The summed E-state index contributed by atoms with van der Waals surface area (Å²) in [6.07, 6.45) is 6.43. The molecular formula is C16H27N2O4+. The van der Waals surface area contributed by atoms with Crippen molar-refractivity contribution in [3.05, 3.63) is 12.4 Å². The van der Waals surface area contributed by atoms with E-state index in [2.05, 4.69) is 4.99 Å². The molecule has 6 nitrogen and oxygen atoms in total. The van der Waals surface area contributed by atoms with Gasteiger partial charge in [0.05, 0.1) is 12.4 Å². The fraction of sp³-hybridized carbons (Fsp3) is 0.688. The molecule has 0 aliphatic carbocycles. The first-order chi connectivity index (χ1) is 10.2. The number of esters is 2. The lowest BCUT2D eigenvalue weighted by Gasteiger charge is -2.55. The highest BCUT2D eigenvalue weighted by atomic mass is 16.6. The van der Waals surface area contributed by atoms with Gasteiger partial charge in [0.2, 0.25) is 0 Å². The molecule has 0 aromatic rings. The number of carbonyl (C=O) groups is 2. The molecule has 22 heavy (non-hydrogen) atoms. The predicted molar refractivity (Wildman–Crippen MR) is 83.7 cm³/mol. The summed E-state index contributed by atoms with van der Waals surface area (Å²) in [6.45, 7) is 10.9. The third kappa shape index (κ3) is 3.06. The van der Waals surface area contributed by atoms with E-state index in [0.717, 1.165) is 0 Å². The molecule has 2 unspecified atom stereocenters. The molecular weight excluding hydrogens is 284 g/mol. The Morgan fingerprint density at radius 2 is 1.55 bits per heavy atom. The molecule has 0 spiro atoms. The van der Waals surface area contributed by atoms with Crippen molar-refractivity contribution in [2.24, 2.45) is 4.99 Å². The highest BCUT2D eigenvalue weighted by molar-refractivity contribution is 5.67. The standard InChI is InChI=1S/C16H27N2O4/c1-7-15(5,21-13(3)19)18(11-9-17-10-12-18)16(6,8-2)22-14(4)20/h9-11H,7-8,12H2,1-6H3/q+1. The van der Waals surface area contributed by atoms with E-state index in [1.54, 1.807) is 12.4 Å². The second kappa shape index (κ2) is 6.60. The Morgan fingerprint density at radius 3 is 1.82 bits per heavy atom. The molecule has 1 rings (SSSR count). The summed E-state index contributed by atoms with van der Waals surface area (Å²) in [7, 11) is 0. The van der Waals surface area contributed by atoms with Crippen LogP contribution in [0.25, 0.3) is 0 Å². The second-order valence-corrected chi connectivity index (χ2v) is 5.93. The smallest absolute Gasteiger partial charge is 0.307 e. The molecule has 0 amide bonds. The van der Waals surface area contributed by atoms with Gasteiger partial charge in [-0.15, -0.1) is 0 Å². The number of rotatable bonds is 6. The van der Waals surface area contributed by atoms with Gasteiger partial charge in [-0.1, -0.05) is 13.8 Å². The first-order valence-corrected chi connectivity index (χ1v) is 7.63. The number of carbonyl (C=O) groups excluding carboxylic acids is 2. The maximum absolute atomic E-state index is 11.6. The van der Waals surface area contributed by atoms with E-state index in [4.69, 9.17) is 9.47 Å². The molecule has 124 valence electrons. The van der Waals surface area contributed by atoms with E-state index >= 15 is 0 Å². The van der Waals surface area contributed by atoms with Crippen molar-refractivity contribution in [1.82, 2.24) is 0 Å². The van der Waals surface area contributed by atoms with Crippen molar-refractivity contribution >= 4 is 18.2 Å². The highest BCUT2D eigenvalue weighted by Gasteiger charge is 2.60. The van der Waals surface area contributed by atoms with Crippen LogP contribution in [-0.4, -0.2) is 40.6 Å². The van der Waals surface area contributed by atoms with Crippen LogP contribution in [0.1, 0.15) is 54.4 Å². The Hall–Kier alpha value is -1.69. The van der Waals surface area contributed by atoms with Crippen LogP contribution >= 0.6 is 0 Å². The van der Waals surface area contributed by atoms with Gasteiger partial charge in [0.15, 0.2) is 0 Å². The molecule has 0 radical (unpaired) electrons. The zero-order chi connectivity index (χ0) is 17.0. The first kappa shape index (κ1) is 18.4. The van der Waals surface area contributed by atoms with Crippen LogP contribution in [0.15, 0.2) is 17.4 Å². The number of hydrogen-bond donors (Lipinski definition) is 0. The second-order valence-electron chi connectivity index (χ2n) is 5.93. The average molecular weight is 311 g/mol. The molecule has 0 aromatic heterocycles. The summed E-state index contributed by atoms with van der Waals surface area (Å²) < 4.78 is 11.6. The fourth-order valence-electron chi connectivity index (χ4n) is 3.14. The number of nitrogens with zero attached hydrogens (tertiary/aromatic N) is 2. The van der Waals surface area contributed by atoms with E-state index in [1.165, 1.54) is 13.8 Å². The molecule has 1 aliphatic rings. The summed E-state index contributed by atoms with van der Waals surface area (Å²) in [4.78, 5) is 27.4. The lowest BCUT2D eigenvalue weighted by Crippen LogP contribution is -2.73. The Kier molecular flexibility index (Phi) is 5.51. The van der Waals surface area contributed by atoms with Crippen LogP contribution in [-0.2, 0) is 19.1 Å². The van der Waals surface area contributed by atoms with Crippen LogP contribution < -0.4 is 0 Å². The van der Waals surface area contributed by atoms with Gasteiger partial charge < -0.3 is 9.47 Å². The molecule has 0 fully saturated rings. The van der Waals surface area contributed by atoms with Gasteiger partial charge in [-0.25, -0.2) is 4.48 Å². The summed E-state index contributed by atoms with van der Waals surface area (Å²) >= 11 is 0. The maximum Gasteiger partial charge on any atom is 0.307 e. The largest absolute Gasteiger partial charge is 0.410 e. The van der Waals surface area contributed by atoms with Gasteiger partial charge in [0.25, 0.3) is 11.4 Å². The number of hydrogen-bond acceptors (Lipinski definition) is 5. The molecule has 0 N–H and O–H groups in total. The van der Waals surface area contributed by atoms with Gasteiger partial charge in [-0.2, -0.15) is 0 Å². The molecule has 1 aliphatic heterocycles. The van der Waals surface area contributed by atoms with E-state index in [1.807, 2.05) is 33.9 Å². The third-order valence-electron chi connectivity index (χ3n) is 4.61. The Balaban J connectivity index is 3.48. The summed E-state index contributed by atoms with van der Waals surface area (Å²) in [6, 6.07) is 0. The third-order valence-corrected chi connectivity index (χ3v) is 4.61. The molecule has 0 bridgehead atoms. The minimum atomic E-state index is -0.866. The van der Waals surface area contributed by atoms with Crippen LogP contribution in [0, 0.1) is 0 Å². The van der Waals surface area contributed by atoms with Crippen molar-refractivity contribution in [2.75, 3.05) is 6.54 Å². The summed E-state index contributed by atoms with van der Waals surface area (Å²) in [5, 5.41) is 0. The molecule has 0 saturated heterocycles. The lowest BCUT2D eigenvalue weighted by molar-refractivity contribution is -1.01. The Labute approximate surface area is 132 Å². The molecule has 2 atom stereocenters. The summed E-state index contributed by atoms with van der Waals surface area (Å²) in [5.41, 5.74) is -1.73. The van der Waals surface area contributed by atoms with Crippen molar-refractivity contribution in [3.8, 4) is 0 Å². The fourth-order valence-corrected chi connectivity index (χ4v) is 3.14. The SMILES string of the molecule is CCC(C)(OC(C)=O)[N+]1(C(C)(CC)OC(C)=O)C=CN=CC1. The predicted octanol–water partition coefficient (Wildman–Crippen LogP) is 2.74.